The zero-order chi connectivity index (χ0) is 9.49. The fraction of sp³-hybridized carbons (Fsp3) is 0.600. The van der Waals surface area contributed by atoms with Gasteiger partial charge in [-0.15, -0.1) is 0 Å². The predicted octanol–water partition coefficient (Wildman–Crippen LogP) is -2.81. The van der Waals surface area contributed by atoms with E-state index in [0.717, 1.165) is 6.92 Å². The summed E-state index contributed by atoms with van der Waals surface area (Å²) >= 11 is 0. The smallest absolute Gasteiger partial charge is 0.481 e. The summed E-state index contributed by atoms with van der Waals surface area (Å²) in [5.74, 6) is -1.08. The molecule has 7 heteroatoms. The van der Waals surface area contributed by atoms with Gasteiger partial charge in [0.1, 0.15) is 0 Å². The summed E-state index contributed by atoms with van der Waals surface area (Å²) in [6, 6.07) is 0. The van der Waals surface area contributed by atoms with E-state index in [1.165, 1.54) is 0 Å². The summed E-state index contributed by atoms with van der Waals surface area (Å²) in [6.45, 7) is 4.32. The Labute approximate surface area is 84.1 Å². The molecule has 68 valence electrons. The third kappa shape index (κ3) is 50.8. The van der Waals surface area contributed by atoms with Crippen LogP contribution in [0.2, 0.25) is 0 Å². The van der Waals surface area contributed by atoms with Gasteiger partial charge >= 0.3 is 18.9 Å². The molecule has 0 saturated carbocycles. The zero-order valence-corrected chi connectivity index (χ0v) is 7.97. The van der Waals surface area contributed by atoms with Crippen LogP contribution in [-0.4, -0.2) is 29.8 Å². The Kier molecular flexibility index (Phi) is 13.5. The van der Waals surface area contributed by atoms with Crippen molar-refractivity contribution >= 4 is 16.1 Å². The number of hydrogen-bond donors (Lipinski definition) is 2. The molecular formula is C5H11LiO5S. The van der Waals surface area contributed by atoms with E-state index in [0.29, 0.717) is 0 Å². The third-order valence-corrected chi connectivity index (χ3v) is 1.21. The van der Waals surface area contributed by atoms with Crippen molar-refractivity contribution in [2.24, 2.45) is 0 Å². The van der Waals surface area contributed by atoms with Gasteiger partial charge in [-0.05, 0) is 0 Å². The van der Waals surface area contributed by atoms with Crippen LogP contribution in [0.3, 0.4) is 0 Å². The Morgan fingerprint density at radius 1 is 1.50 bits per heavy atom. The first kappa shape index (κ1) is 17.9. The molecule has 0 fully saturated rings. The molecular weight excluding hydrogens is 179 g/mol. The Morgan fingerprint density at radius 2 is 1.75 bits per heavy atom. The van der Waals surface area contributed by atoms with Crippen LogP contribution in [-0.2, 0) is 14.9 Å². The van der Waals surface area contributed by atoms with Crippen LogP contribution in [0.4, 0.5) is 0 Å². The van der Waals surface area contributed by atoms with E-state index in [1.807, 2.05) is 0 Å². The Balaban J connectivity index is -0.000000142. The van der Waals surface area contributed by atoms with Crippen LogP contribution < -0.4 is 18.9 Å². The van der Waals surface area contributed by atoms with Gasteiger partial charge in [-0.2, -0.15) is 14.8 Å². The molecule has 0 aromatic rings. The largest absolute Gasteiger partial charge is 1.00 e. The van der Waals surface area contributed by atoms with E-state index < -0.39 is 16.1 Å². The number of carbonyl (C=O) groups is 1. The third-order valence-electron chi connectivity index (χ3n) is 0.402. The maximum absolute atomic E-state index is 9.75. The number of carboxylic acids is 1. The molecule has 0 spiro atoms. The topological polar surface area (TPSA) is 91.7 Å². The van der Waals surface area contributed by atoms with Crippen molar-refractivity contribution in [2.75, 3.05) is 5.75 Å². The maximum atomic E-state index is 9.75. The van der Waals surface area contributed by atoms with E-state index in [1.54, 1.807) is 0 Å². The van der Waals surface area contributed by atoms with Gasteiger partial charge < -0.3 is 12.0 Å². The molecule has 0 amide bonds. The molecule has 0 aromatic heterocycles. The average molecular weight is 190 g/mol. The second kappa shape index (κ2) is 9.07. The van der Waals surface area contributed by atoms with E-state index in [9.17, 15) is 8.42 Å². The SMILES string of the molecule is CC(=O)O.[CH2-]CCS(=O)(=O)O.[Li+]. The molecule has 0 aliphatic heterocycles. The van der Waals surface area contributed by atoms with Crippen LogP contribution in [0, 0.1) is 6.92 Å². The molecule has 5 nitrogen and oxygen atoms in total. The molecule has 12 heavy (non-hydrogen) atoms. The van der Waals surface area contributed by atoms with E-state index in [2.05, 4.69) is 6.92 Å². The van der Waals surface area contributed by atoms with E-state index >= 15 is 0 Å². The van der Waals surface area contributed by atoms with Crippen molar-refractivity contribution in [1.82, 2.24) is 0 Å². The standard InChI is InChI=1S/C3H7O3S.C2H4O2.Li/c1-2-3-7(4,5)6;1-2(3)4;/h1-3H2,(H,4,5,6);1H3,(H,3,4);/q-1;;+1. The zero-order valence-electron chi connectivity index (χ0n) is 7.15. The minimum atomic E-state index is -3.74. The van der Waals surface area contributed by atoms with Gasteiger partial charge in [0.2, 0.25) is 0 Å². The number of aliphatic carboxylic acids is 1. The Bertz CT molecular complexity index is 194. The Morgan fingerprint density at radius 3 is 1.75 bits per heavy atom. The van der Waals surface area contributed by atoms with Crippen molar-refractivity contribution in [3.8, 4) is 0 Å². The molecule has 0 rings (SSSR count). The first-order valence-corrected chi connectivity index (χ1v) is 4.34. The summed E-state index contributed by atoms with van der Waals surface area (Å²) in [5.41, 5.74) is 0. The van der Waals surface area contributed by atoms with Gasteiger partial charge in [-0.25, -0.2) is 0 Å². The van der Waals surface area contributed by atoms with Crippen molar-refractivity contribution in [3.63, 3.8) is 0 Å². The van der Waals surface area contributed by atoms with E-state index in [-0.39, 0.29) is 31.0 Å². The van der Waals surface area contributed by atoms with Crippen LogP contribution in [0.25, 0.3) is 0 Å². The fourth-order valence-electron chi connectivity index (χ4n) is 0.182. The minimum absolute atomic E-state index is 0. The first-order valence-electron chi connectivity index (χ1n) is 2.73. The van der Waals surface area contributed by atoms with Crippen molar-refractivity contribution in [3.05, 3.63) is 6.92 Å². The molecule has 0 aliphatic rings. The van der Waals surface area contributed by atoms with Crippen LogP contribution in [0.5, 0.6) is 0 Å². The van der Waals surface area contributed by atoms with Gasteiger partial charge in [-0.1, -0.05) is 0 Å². The molecule has 0 aliphatic carbocycles. The van der Waals surface area contributed by atoms with Gasteiger partial charge in [0.15, 0.2) is 0 Å². The van der Waals surface area contributed by atoms with Crippen LogP contribution in [0.15, 0.2) is 0 Å². The summed E-state index contributed by atoms with van der Waals surface area (Å²) in [5, 5.41) is 7.42. The average Bonchev–Trinajstić information content (AvgIpc) is 1.58. The normalized spacial score (nSPS) is 8.92. The summed E-state index contributed by atoms with van der Waals surface area (Å²) in [7, 11) is -3.74. The second-order valence-corrected chi connectivity index (χ2v) is 3.23. The number of carboxylic acid groups (broad SMARTS) is 1. The van der Waals surface area contributed by atoms with Crippen LogP contribution >= 0.6 is 0 Å². The Hall–Kier alpha value is -0.0226. The second-order valence-electron chi connectivity index (χ2n) is 1.66. The van der Waals surface area contributed by atoms with Crippen molar-refractivity contribution in [1.29, 1.82) is 0 Å². The summed E-state index contributed by atoms with van der Waals surface area (Å²) in [4.78, 5) is 9.00. The molecule has 0 heterocycles. The van der Waals surface area contributed by atoms with Gasteiger partial charge in [0.05, 0.1) is 0 Å². The van der Waals surface area contributed by atoms with Crippen molar-refractivity contribution < 1.29 is 41.7 Å². The molecule has 0 aromatic carbocycles. The van der Waals surface area contributed by atoms with Gasteiger partial charge in [0.25, 0.3) is 16.1 Å². The van der Waals surface area contributed by atoms with E-state index in [4.69, 9.17) is 14.5 Å². The fourth-order valence-corrected chi connectivity index (χ4v) is 0.547. The quantitative estimate of drug-likeness (QED) is 0.278. The summed E-state index contributed by atoms with van der Waals surface area (Å²) < 4.78 is 27.4. The predicted molar refractivity (Wildman–Crippen MR) is 39.7 cm³/mol. The van der Waals surface area contributed by atoms with Gasteiger partial charge in [-0.3, -0.25) is 9.35 Å². The van der Waals surface area contributed by atoms with Gasteiger partial charge in [0, 0.05) is 12.7 Å². The maximum Gasteiger partial charge on any atom is 1.00 e. The molecule has 2 N–H and O–H groups in total. The summed E-state index contributed by atoms with van der Waals surface area (Å²) in [6.07, 6.45) is 0.221. The molecule has 0 saturated heterocycles. The molecule has 0 radical (unpaired) electrons. The molecule has 0 atom stereocenters. The number of hydrogen-bond acceptors (Lipinski definition) is 3. The van der Waals surface area contributed by atoms with Crippen LogP contribution in [0.1, 0.15) is 13.3 Å². The first-order chi connectivity index (χ1) is 4.79. The van der Waals surface area contributed by atoms with Crippen molar-refractivity contribution in [2.45, 2.75) is 13.3 Å². The minimum Gasteiger partial charge on any atom is -0.481 e. The monoisotopic (exact) mass is 190 g/mol. The molecule has 0 bridgehead atoms. The number of rotatable bonds is 2. The molecule has 0 unspecified atom stereocenters.